The Hall–Kier alpha value is -1.68. The molecule has 27 heavy (non-hydrogen) atoms. The Morgan fingerprint density at radius 1 is 1.44 bits per heavy atom. The van der Waals surface area contributed by atoms with Gasteiger partial charge in [0.15, 0.2) is 0 Å². The van der Waals surface area contributed by atoms with Crippen molar-refractivity contribution in [2.75, 3.05) is 6.61 Å². The van der Waals surface area contributed by atoms with Crippen LogP contribution in [0.1, 0.15) is 64.7 Å². The maximum Gasteiger partial charge on any atom is 0.360 e. The minimum absolute atomic E-state index is 0.0554. The van der Waals surface area contributed by atoms with Crippen LogP contribution < -0.4 is 0 Å². The van der Waals surface area contributed by atoms with E-state index in [0.29, 0.717) is 32.1 Å². The van der Waals surface area contributed by atoms with Gasteiger partial charge in [-0.1, -0.05) is 37.8 Å². The molecule has 3 N–H and O–H groups in total. The Morgan fingerprint density at radius 3 is 2.81 bits per heavy atom. The number of Topliss-reactive ketones (excluding diaryl/α,β-unsaturated/α-hetero) is 1. The molecule has 1 rings (SSSR count). The number of carbonyl (C=O) groups is 2. The van der Waals surface area contributed by atoms with E-state index in [9.17, 15) is 14.7 Å². The maximum absolute atomic E-state index is 12.1. The molecule has 0 heterocycles. The normalized spacial score (nSPS) is 23.3. The number of hydrogen-bond acceptors (Lipinski definition) is 5. The van der Waals surface area contributed by atoms with Crippen molar-refractivity contribution in [2.24, 2.45) is 11.8 Å². The summed E-state index contributed by atoms with van der Waals surface area (Å²) in [6.45, 7) is 2.19. The number of rotatable bonds is 13. The first-order valence-electron chi connectivity index (χ1n) is 9.75. The smallest absolute Gasteiger partial charge is 0.360 e. The molecule has 0 spiro atoms. The van der Waals surface area contributed by atoms with Crippen molar-refractivity contribution in [1.29, 1.82) is 0 Å². The minimum Gasteiger partial charge on any atom is -0.477 e. The molecule has 0 aliphatic heterocycles. The van der Waals surface area contributed by atoms with Gasteiger partial charge >= 0.3 is 5.97 Å². The molecule has 6 nitrogen and oxygen atoms in total. The molecule has 4 atom stereocenters. The van der Waals surface area contributed by atoms with Gasteiger partial charge in [0.2, 0.25) is 0 Å². The number of ether oxygens (including phenoxy) is 1. The highest BCUT2D eigenvalue weighted by Gasteiger charge is 2.32. The average Bonchev–Trinajstić information content (AvgIpc) is 2.99. The van der Waals surface area contributed by atoms with Crippen LogP contribution in [0.25, 0.3) is 0 Å². The highest BCUT2D eigenvalue weighted by molar-refractivity contribution is 5.83. The summed E-state index contributed by atoms with van der Waals surface area (Å²) < 4.78 is 4.78. The topological polar surface area (TPSA) is 104 Å². The monoisotopic (exact) mass is 380 g/mol. The van der Waals surface area contributed by atoms with Gasteiger partial charge in [0, 0.05) is 18.8 Å². The van der Waals surface area contributed by atoms with E-state index in [1.165, 1.54) is 0 Å². The van der Waals surface area contributed by atoms with Crippen molar-refractivity contribution < 1.29 is 29.6 Å². The number of aliphatic carboxylic acids is 1. The molecular weight excluding hydrogens is 348 g/mol. The van der Waals surface area contributed by atoms with Crippen molar-refractivity contribution in [2.45, 2.75) is 76.6 Å². The number of ketones is 1. The molecular formula is C21H32O6. The van der Waals surface area contributed by atoms with Crippen LogP contribution in [0.2, 0.25) is 0 Å². The van der Waals surface area contributed by atoms with E-state index in [2.05, 4.69) is 12.8 Å². The number of hydrogen-bond donors (Lipinski definition) is 3. The van der Waals surface area contributed by atoms with E-state index >= 15 is 0 Å². The zero-order valence-corrected chi connectivity index (χ0v) is 16.1. The fourth-order valence-corrected chi connectivity index (χ4v) is 3.41. The third kappa shape index (κ3) is 8.25. The molecule has 6 heteroatoms. The molecule has 1 fully saturated rings. The summed E-state index contributed by atoms with van der Waals surface area (Å²) in [5.74, 6) is 1.42. The number of aliphatic hydroxyl groups is 2. The number of carboxylic acid groups (broad SMARTS) is 1. The number of aliphatic hydroxyl groups excluding tert-OH is 1. The molecule has 0 saturated heterocycles. The molecule has 0 aromatic heterocycles. The zero-order valence-electron chi connectivity index (χ0n) is 16.1. The number of terminal acetylenes is 1. The summed E-state index contributed by atoms with van der Waals surface area (Å²) in [4.78, 5) is 22.6. The van der Waals surface area contributed by atoms with Crippen LogP contribution in [-0.2, 0) is 14.3 Å². The van der Waals surface area contributed by atoms with Gasteiger partial charge in [-0.25, -0.2) is 4.79 Å². The standard InChI is InChI=1S/C21H32O6/c1-3-5-13-21(26,4-2)14-8-9-16-11-12-18(22)17(16)10-6-7-15-27-20(25)19(23)24/h2,8-9,16-17,20,25-26H,3,5-7,10-15H2,1H3,(H,23,24)/t16-,17+,20?,21?/m0/s1. The quantitative estimate of drug-likeness (QED) is 0.196. The lowest BCUT2D eigenvalue weighted by molar-refractivity contribution is -0.176. The molecule has 1 aliphatic rings. The van der Waals surface area contributed by atoms with Crippen molar-refractivity contribution in [3.05, 3.63) is 12.2 Å². The SMILES string of the molecule is C#CC(O)(CC=C[C@H]1CCC(=O)[C@@H]1CCCCOC(O)C(=O)O)CCCC. The second kappa shape index (κ2) is 11.9. The molecule has 0 aromatic carbocycles. The van der Waals surface area contributed by atoms with Crippen LogP contribution in [0.5, 0.6) is 0 Å². The molecule has 2 unspecified atom stereocenters. The Labute approximate surface area is 161 Å². The Balaban J connectivity index is 2.43. The van der Waals surface area contributed by atoms with Gasteiger partial charge in [-0.15, -0.1) is 6.42 Å². The van der Waals surface area contributed by atoms with Gasteiger partial charge in [-0.3, -0.25) is 4.79 Å². The molecule has 0 radical (unpaired) electrons. The highest BCUT2D eigenvalue weighted by atomic mass is 16.6. The molecule has 1 aliphatic carbocycles. The average molecular weight is 380 g/mol. The molecule has 152 valence electrons. The predicted molar refractivity (Wildman–Crippen MR) is 102 cm³/mol. The predicted octanol–water partition coefficient (Wildman–Crippen LogP) is 2.67. The van der Waals surface area contributed by atoms with Crippen LogP contribution in [0, 0.1) is 24.2 Å². The number of carbonyl (C=O) groups excluding carboxylic acids is 1. The van der Waals surface area contributed by atoms with Gasteiger partial charge in [0.25, 0.3) is 6.29 Å². The summed E-state index contributed by atoms with van der Waals surface area (Å²) in [6.07, 6.45) is 13.8. The maximum atomic E-state index is 12.1. The number of carboxylic acids is 1. The second-order valence-electron chi connectivity index (χ2n) is 7.24. The van der Waals surface area contributed by atoms with Gasteiger partial charge < -0.3 is 20.1 Å². The van der Waals surface area contributed by atoms with Crippen LogP contribution >= 0.6 is 0 Å². The first-order chi connectivity index (χ1) is 12.8. The summed E-state index contributed by atoms with van der Waals surface area (Å²) in [6, 6.07) is 0. The minimum atomic E-state index is -1.79. The second-order valence-corrected chi connectivity index (χ2v) is 7.24. The lowest BCUT2D eigenvalue weighted by Crippen LogP contribution is -2.25. The van der Waals surface area contributed by atoms with E-state index in [-0.39, 0.29) is 24.2 Å². The Kier molecular flexibility index (Phi) is 10.3. The fourth-order valence-electron chi connectivity index (χ4n) is 3.41. The van der Waals surface area contributed by atoms with E-state index < -0.39 is 17.9 Å². The highest BCUT2D eigenvalue weighted by Crippen LogP contribution is 2.34. The van der Waals surface area contributed by atoms with E-state index in [4.69, 9.17) is 21.4 Å². The number of unbranched alkanes of at least 4 members (excludes halogenated alkanes) is 2. The zero-order chi connectivity index (χ0) is 20.3. The van der Waals surface area contributed by atoms with Gasteiger partial charge in [-0.05, 0) is 38.0 Å². The van der Waals surface area contributed by atoms with Crippen molar-refractivity contribution >= 4 is 11.8 Å². The molecule has 0 bridgehead atoms. The van der Waals surface area contributed by atoms with E-state index in [1.807, 2.05) is 12.2 Å². The van der Waals surface area contributed by atoms with Crippen LogP contribution in [-0.4, -0.2) is 45.6 Å². The molecule has 0 aromatic rings. The third-order valence-electron chi connectivity index (χ3n) is 5.10. The van der Waals surface area contributed by atoms with Crippen LogP contribution in [0.3, 0.4) is 0 Å². The summed E-state index contributed by atoms with van der Waals surface area (Å²) >= 11 is 0. The summed E-state index contributed by atoms with van der Waals surface area (Å²) in [5, 5.41) is 28.0. The largest absolute Gasteiger partial charge is 0.477 e. The lowest BCUT2D eigenvalue weighted by Gasteiger charge is -2.21. The fraction of sp³-hybridized carbons (Fsp3) is 0.714. The third-order valence-corrected chi connectivity index (χ3v) is 5.10. The van der Waals surface area contributed by atoms with E-state index in [0.717, 1.165) is 25.7 Å². The summed E-state index contributed by atoms with van der Waals surface area (Å²) in [5.41, 5.74) is -1.12. The van der Waals surface area contributed by atoms with Crippen molar-refractivity contribution in [1.82, 2.24) is 0 Å². The van der Waals surface area contributed by atoms with E-state index in [1.54, 1.807) is 0 Å². The van der Waals surface area contributed by atoms with Gasteiger partial charge in [-0.2, -0.15) is 0 Å². The van der Waals surface area contributed by atoms with Gasteiger partial charge in [0.05, 0.1) is 6.61 Å². The Morgan fingerprint density at radius 2 is 2.19 bits per heavy atom. The van der Waals surface area contributed by atoms with Gasteiger partial charge in [0.1, 0.15) is 11.4 Å². The molecule has 1 saturated carbocycles. The van der Waals surface area contributed by atoms with Crippen LogP contribution in [0.15, 0.2) is 12.2 Å². The summed E-state index contributed by atoms with van der Waals surface area (Å²) in [7, 11) is 0. The first-order valence-corrected chi connectivity index (χ1v) is 9.75. The van der Waals surface area contributed by atoms with Crippen molar-refractivity contribution in [3.63, 3.8) is 0 Å². The number of allylic oxidation sites excluding steroid dienone is 1. The van der Waals surface area contributed by atoms with Crippen molar-refractivity contribution in [3.8, 4) is 12.3 Å². The first kappa shape index (κ1) is 23.4. The molecule has 0 amide bonds. The lowest BCUT2D eigenvalue weighted by atomic mass is 9.88. The Bertz CT molecular complexity index is 549. The van der Waals surface area contributed by atoms with Crippen LogP contribution in [0.4, 0.5) is 0 Å².